The fourth-order valence-electron chi connectivity index (χ4n) is 10.6. The van der Waals surface area contributed by atoms with Crippen LogP contribution in [0.3, 0.4) is 0 Å². The van der Waals surface area contributed by atoms with E-state index in [2.05, 4.69) is 30.8 Å². The number of nitrogens with one attached hydrogen (secondary N) is 3. The maximum absolute atomic E-state index is 13.9. The third kappa shape index (κ3) is 9.87. The number of nitrogens with zero attached hydrogens (tertiary/aromatic N) is 5. The lowest BCUT2D eigenvalue weighted by Crippen LogP contribution is -2.54. The molecule has 5 N–H and O–H groups in total. The molecule has 5 aliphatic rings. The van der Waals surface area contributed by atoms with Crippen LogP contribution in [0, 0.1) is 18.3 Å². The van der Waals surface area contributed by atoms with Gasteiger partial charge in [0.2, 0.25) is 17.7 Å². The molecule has 0 radical (unpaired) electrons. The van der Waals surface area contributed by atoms with Crippen LogP contribution in [0.4, 0.5) is 30.4 Å². The van der Waals surface area contributed by atoms with Gasteiger partial charge in [0.05, 0.1) is 42.0 Å². The number of carbonyl (C=O) groups excluding carboxylic acids is 5. The lowest BCUT2D eigenvalue weighted by Gasteiger charge is -2.41. The summed E-state index contributed by atoms with van der Waals surface area (Å²) >= 11 is 0. The van der Waals surface area contributed by atoms with Gasteiger partial charge in [-0.1, -0.05) is 6.07 Å². The third-order valence-electron chi connectivity index (χ3n) is 14.6. The van der Waals surface area contributed by atoms with Crippen molar-refractivity contribution in [1.29, 1.82) is 0 Å². The van der Waals surface area contributed by atoms with E-state index in [4.69, 9.17) is 15.2 Å². The molecule has 2 aliphatic carbocycles. The number of halogens is 3. The standard InChI is InChI=1S/C50H58F3N9O7/c1-27(30-20-31(50(51,52)53)22-32(54)21-30)55-44-36-23-41(40(68-4)24-38(36)56-28(2)57-44)69-26-49(16-17-49)25-60(3)46(65)29-14-18-61(19-15-29)34-10-8-33(9-11-34)58-37-7-5-6-35-43(37)48(67)62(47(35)66)39-12-13-42(63)59-45(39)64/h5-7,20-24,27,29,33-34,39,58H,8-19,25-26,54H2,1-4H3,(H,55,56,57)(H,59,63,64)/t27-,33?,34?,39-/m1/s1. The van der Waals surface area contributed by atoms with Crippen LogP contribution >= 0.6 is 0 Å². The number of piperidine rings is 2. The number of hydrogen-bond acceptors (Lipinski definition) is 13. The fourth-order valence-corrected chi connectivity index (χ4v) is 10.6. The van der Waals surface area contributed by atoms with Crippen LogP contribution in [0.5, 0.6) is 11.5 Å². The van der Waals surface area contributed by atoms with Gasteiger partial charge in [-0.3, -0.25) is 34.2 Å². The quantitative estimate of drug-likeness (QED) is 0.0754. The number of imide groups is 2. The Morgan fingerprint density at radius 2 is 1.71 bits per heavy atom. The maximum atomic E-state index is 13.9. The summed E-state index contributed by atoms with van der Waals surface area (Å²) in [5, 5.41) is 9.64. The molecule has 4 fully saturated rings. The van der Waals surface area contributed by atoms with Crippen LogP contribution in [-0.4, -0.2) is 113 Å². The monoisotopic (exact) mass is 953 g/mol. The molecule has 366 valence electrons. The molecular weight excluding hydrogens is 896 g/mol. The first-order valence-electron chi connectivity index (χ1n) is 23.7. The topological polar surface area (TPSA) is 201 Å². The molecule has 3 aromatic carbocycles. The first kappa shape index (κ1) is 47.6. The molecule has 0 spiro atoms. The second-order valence-corrected chi connectivity index (χ2v) is 19.5. The van der Waals surface area contributed by atoms with Gasteiger partial charge in [-0.25, -0.2) is 9.97 Å². The van der Waals surface area contributed by atoms with Crippen LogP contribution < -0.4 is 31.2 Å². The van der Waals surface area contributed by atoms with E-state index in [-0.39, 0.29) is 52.9 Å². The normalized spacial score (nSPS) is 22.2. The number of nitrogen functional groups attached to an aromatic ring is 1. The number of nitrogens with two attached hydrogens (primary N) is 1. The Bertz CT molecular complexity index is 2700. The van der Waals surface area contributed by atoms with E-state index >= 15 is 0 Å². The molecule has 19 heteroatoms. The Labute approximate surface area is 397 Å². The van der Waals surface area contributed by atoms with E-state index in [9.17, 15) is 37.1 Å². The number of anilines is 3. The average molecular weight is 954 g/mol. The summed E-state index contributed by atoms with van der Waals surface area (Å²) in [4.78, 5) is 79.7. The zero-order chi connectivity index (χ0) is 48.9. The van der Waals surface area contributed by atoms with E-state index in [1.165, 1.54) is 6.07 Å². The van der Waals surface area contributed by atoms with Crippen LogP contribution in [0.2, 0.25) is 0 Å². The number of rotatable bonds is 14. The second-order valence-electron chi connectivity index (χ2n) is 19.5. The average Bonchev–Trinajstić information content (AvgIpc) is 4.04. The zero-order valence-electron chi connectivity index (χ0n) is 39.2. The number of fused-ring (bicyclic) bond motifs is 2. The van der Waals surface area contributed by atoms with E-state index < -0.39 is 47.5 Å². The Balaban J connectivity index is 0.764. The predicted octanol–water partition coefficient (Wildman–Crippen LogP) is 6.87. The van der Waals surface area contributed by atoms with Gasteiger partial charge >= 0.3 is 6.18 Å². The lowest BCUT2D eigenvalue weighted by molar-refractivity contribution is -0.138. The van der Waals surface area contributed by atoms with E-state index in [1.54, 1.807) is 51.3 Å². The molecule has 69 heavy (non-hydrogen) atoms. The highest BCUT2D eigenvalue weighted by molar-refractivity contribution is 6.25. The van der Waals surface area contributed by atoms with Crippen molar-refractivity contribution in [2.75, 3.05) is 56.8 Å². The maximum Gasteiger partial charge on any atom is 0.416 e. The van der Waals surface area contributed by atoms with Crippen molar-refractivity contribution >= 4 is 57.6 Å². The first-order chi connectivity index (χ1) is 32.9. The largest absolute Gasteiger partial charge is 0.493 e. The summed E-state index contributed by atoms with van der Waals surface area (Å²) in [7, 11) is 3.41. The van der Waals surface area contributed by atoms with Gasteiger partial charge in [0.25, 0.3) is 11.8 Å². The fraction of sp³-hybridized carbons (Fsp3) is 0.500. The number of benzene rings is 3. The van der Waals surface area contributed by atoms with Gasteiger partial charge in [-0.2, -0.15) is 13.2 Å². The predicted molar refractivity (Wildman–Crippen MR) is 251 cm³/mol. The number of aromatic nitrogens is 2. The van der Waals surface area contributed by atoms with E-state index in [1.807, 2.05) is 11.9 Å². The molecule has 2 atom stereocenters. The lowest BCUT2D eigenvalue weighted by atomic mass is 9.87. The van der Waals surface area contributed by atoms with Crippen LogP contribution in [0.25, 0.3) is 10.9 Å². The Morgan fingerprint density at radius 1 is 0.971 bits per heavy atom. The molecule has 0 unspecified atom stereocenters. The second kappa shape index (κ2) is 18.8. The summed E-state index contributed by atoms with van der Waals surface area (Å²) < 4.78 is 53.0. The molecule has 2 saturated carbocycles. The Kier molecular flexibility index (Phi) is 12.9. The van der Waals surface area contributed by atoms with Gasteiger partial charge in [-0.15, -0.1) is 0 Å². The van der Waals surface area contributed by atoms with Crippen molar-refractivity contribution in [3.8, 4) is 11.5 Å². The summed E-state index contributed by atoms with van der Waals surface area (Å²) in [6.45, 7) is 6.02. The Morgan fingerprint density at radius 3 is 2.39 bits per heavy atom. The van der Waals surface area contributed by atoms with Gasteiger partial charge in [0.15, 0.2) is 11.5 Å². The molecule has 1 aromatic heterocycles. The number of ether oxygens (including phenoxy) is 2. The van der Waals surface area contributed by atoms with E-state index in [0.29, 0.717) is 64.5 Å². The van der Waals surface area contributed by atoms with Gasteiger partial charge in [0.1, 0.15) is 17.7 Å². The summed E-state index contributed by atoms with van der Waals surface area (Å²) in [5.41, 5.74) is 6.83. The smallest absolute Gasteiger partial charge is 0.416 e. The number of likely N-dealkylation sites (tertiary alicyclic amines) is 1. The minimum absolute atomic E-state index is 0.00486. The highest BCUT2D eigenvalue weighted by Gasteiger charge is 2.47. The molecular formula is C50H58F3N9O7. The van der Waals surface area contributed by atoms with Gasteiger partial charge in [-0.05, 0) is 127 Å². The minimum atomic E-state index is -4.55. The van der Waals surface area contributed by atoms with Gasteiger partial charge < -0.3 is 35.6 Å². The molecule has 16 nitrogen and oxygen atoms in total. The number of carbonyl (C=O) groups is 5. The number of alkyl halides is 3. The molecule has 4 aromatic rings. The van der Waals surface area contributed by atoms with Crippen molar-refractivity contribution < 1.29 is 46.6 Å². The number of amides is 5. The summed E-state index contributed by atoms with van der Waals surface area (Å²) in [6.07, 6.45) is 2.58. The summed E-state index contributed by atoms with van der Waals surface area (Å²) in [5.74, 6) is -0.237. The molecule has 0 bridgehead atoms. The van der Waals surface area contributed by atoms with Crippen molar-refractivity contribution in [3.63, 3.8) is 0 Å². The zero-order valence-corrected chi connectivity index (χ0v) is 39.2. The van der Waals surface area contributed by atoms with Crippen LogP contribution in [0.1, 0.15) is 115 Å². The molecule has 9 rings (SSSR count). The molecule has 3 aliphatic heterocycles. The van der Waals surface area contributed by atoms with Crippen LogP contribution in [-0.2, 0) is 20.6 Å². The van der Waals surface area contributed by atoms with Gasteiger partial charge in [0, 0.05) is 66.3 Å². The van der Waals surface area contributed by atoms with Crippen molar-refractivity contribution in [1.82, 2.24) is 30.0 Å². The Hall–Kier alpha value is -6.50. The van der Waals surface area contributed by atoms with Crippen molar-refractivity contribution in [3.05, 3.63) is 76.6 Å². The third-order valence-corrected chi connectivity index (χ3v) is 14.6. The number of methoxy groups -OCH3 is 1. The molecule has 5 amide bonds. The number of hydrogen-bond donors (Lipinski definition) is 4. The summed E-state index contributed by atoms with van der Waals surface area (Å²) in [6, 6.07) is 11.0. The first-order valence-corrected chi connectivity index (χ1v) is 23.7. The van der Waals surface area contributed by atoms with Crippen LogP contribution in [0.15, 0.2) is 48.5 Å². The molecule has 2 saturated heterocycles. The molecule has 4 heterocycles. The van der Waals surface area contributed by atoms with Crippen molar-refractivity contribution in [2.24, 2.45) is 11.3 Å². The SMILES string of the molecule is COc1cc2nc(C)nc(N[C@H](C)c3cc(N)cc(C(F)(F)F)c3)c2cc1OCC1(CN(C)C(=O)C2CCN(C3CCC(Nc4cccc5c4C(=O)N([C@@H]4CCC(=O)NC4=O)C5=O)CC3)CC2)CC1. The highest BCUT2D eigenvalue weighted by atomic mass is 19.4. The highest BCUT2D eigenvalue weighted by Crippen LogP contribution is 2.48. The number of aryl methyl sites for hydroxylation is 1. The van der Waals surface area contributed by atoms with Crippen molar-refractivity contribution in [2.45, 2.75) is 108 Å². The van der Waals surface area contributed by atoms with E-state index in [0.717, 1.165) is 81.5 Å². The minimum Gasteiger partial charge on any atom is -0.493 e.